The van der Waals surface area contributed by atoms with Gasteiger partial charge in [-0.05, 0) is 18.6 Å². The molecule has 1 unspecified atom stereocenters. The fourth-order valence-electron chi connectivity index (χ4n) is 2.01. The number of benzene rings is 1. The summed E-state index contributed by atoms with van der Waals surface area (Å²) in [6, 6.07) is 3.24. The molecule has 1 heterocycles. The van der Waals surface area contributed by atoms with Gasteiger partial charge in [0.05, 0.1) is 12.1 Å². The number of hydrogen-bond acceptors (Lipinski definition) is 4. The van der Waals surface area contributed by atoms with Gasteiger partial charge < -0.3 is 15.3 Å². The largest absolute Gasteiger partial charge is 0.396 e. The summed E-state index contributed by atoms with van der Waals surface area (Å²) < 4.78 is 26.5. The number of nitrogens with zero attached hydrogens (tertiary/aromatic N) is 1. The lowest BCUT2D eigenvalue weighted by molar-refractivity contribution is -0.123. The van der Waals surface area contributed by atoms with E-state index in [1.54, 1.807) is 0 Å². The van der Waals surface area contributed by atoms with Crippen LogP contribution in [0.3, 0.4) is 0 Å². The highest BCUT2D eigenvalue weighted by Crippen LogP contribution is 2.21. The topological polar surface area (TPSA) is 70.9 Å². The maximum Gasteiger partial charge on any atom is 0.223 e. The Kier molecular flexibility index (Phi) is 5.21. The van der Waals surface area contributed by atoms with Crippen molar-refractivity contribution in [3.05, 3.63) is 35.4 Å². The molecule has 1 aliphatic rings. The lowest BCUT2D eigenvalue weighted by Gasteiger charge is -2.08. The Morgan fingerprint density at radius 2 is 2.29 bits per heavy atom. The second-order valence-electron chi connectivity index (χ2n) is 4.72. The number of oxime groups is 1. The zero-order valence-corrected chi connectivity index (χ0v) is 11.3. The zero-order valence-electron chi connectivity index (χ0n) is 11.3. The van der Waals surface area contributed by atoms with Gasteiger partial charge in [0.25, 0.3) is 0 Å². The maximum atomic E-state index is 13.6. The first-order chi connectivity index (χ1) is 10.1. The molecule has 114 valence electrons. The summed E-state index contributed by atoms with van der Waals surface area (Å²) in [7, 11) is 0. The number of nitrogens with one attached hydrogen (secondary N) is 1. The van der Waals surface area contributed by atoms with Crippen LogP contribution >= 0.6 is 0 Å². The molecule has 2 rings (SSSR count). The van der Waals surface area contributed by atoms with Gasteiger partial charge in [-0.1, -0.05) is 5.16 Å². The van der Waals surface area contributed by atoms with Gasteiger partial charge in [-0.2, -0.15) is 0 Å². The third-order valence-corrected chi connectivity index (χ3v) is 3.05. The molecule has 1 aromatic carbocycles. The number of carbonyl (C=O) groups excluding carboxylic acids is 1. The Morgan fingerprint density at radius 1 is 1.48 bits per heavy atom. The standard InChI is InChI=1S/C14H16F2N2O3/c15-9-2-3-11(12(16)6-9)13-7-10(21-18-13)8-14(20)17-4-1-5-19/h2-3,6,10,19H,1,4-5,7-8H2,(H,17,20). The molecule has 5 nitrogen and oxygen atoms in total. The van der Waals surface area contributed by atoms with Crippen molar-refractivity contribution in [3.8, 4) is 0 Å². The van der Waals surface area contributed by atoms with Crippen LogP contribution in [0, 0.1) is 11.6 Å². The van der Waals surface area contributed by atoms with Crippen molar-refractivity contribution in [2.75, 3.05) is 13.2 Å². The molecule has 2 N–H and O–H groups in total. The second-order valence-corrected chi connectivity index (χ2v) is 4.72. The first-order valence-electron chi connectivity index (χ1n) is 6.66. The summed E-state index contributed by atoms with van der Waals surface area (Å²) in [6.07, 6.45) is 0.412. The lowest BCUT2D eigenvalue weighted by Crippen LogP contribution is -2.28. The van der Waals surface area contributed by atoms with Crippen molar-refractivity contribution in [2.45, 2.75) is 25.4 Å². The zero-order chi connectivity index (χ0) is 15.2. The van der Waals surface area contributed by atoms with Crippen LogP contribution in [0.15, 0.2) is 23.4 Å². The van der Waals surface area contributed by atoms with Crippen molar-refractivity contribution >= 4 is 11.6 Å². The van der Waals surface area contributed by atoms with Crippen molar-refractivity contribution in [3.63, 3.8) is 0 Å². The van der Waals surface area contributed by atoms with Crippen LogP contribution in [-0.2, 0) is 9.63 Å². The Hall–Kier alpha value is -2.02. The maximum absolute atomic E-state index is 13.6. The van der Waals surface area contributed by atoms with Crippen molar-refractivity contribution in [2.24, 2.45) is 5.16 Å². The van der Waals surface area contributed by atoms with E-state index in [0.29, 0.717) is 18.7 Å². The van der Waals surface area contributed by atoms with Crippen LogP contribution in [-0.4, -0.2) is 36.0 Å². The SMILES string of the molecule is O=C(CC1CC(c2ccc(F)cc2F)=NO1)NCCCO. The average molecular weight is 298 g/mol. The van der Waals surface area contributed by atoms with E-state index in [4.69, 9.17) is 9.94 Å². The fraction of sp³-hybridized carbons (Fsp3) is 0.429. The Balaban J connectivity index is 1.86. The summed E-state index contributed by atoms with van der Waals surface area (Å²) in [5.41, 5.74) is 0.542. The molecule has 0 bridgehead atoms. The van der Waals surface area contributed by atoms with Crippen molar-refractivity contribution in [1.29, 1.82) is 0 Å². The number of aliphatic hydroxyl groups is 1. The molecule has 0 radical (unpaired) electrons. The molecule has 0 saturated heterocycles. The van der Waals surface area contributed by atoms with Crippen LogP contribution in [0.4, 0.5) is 8.78 Å². The van der Waals surface area contributed by atoms with Crippen molar-refractivity contribution < 1.29 is 23.5 Å². The van der Waals surface area contributed by atoms with Gasteiger partial charge in [0, 0.05) is 31.2 Å². The highest BCUT2D eigenvalue weighted by atomic mass is 19.1. The van der Waals surface area contributed by atoms with Crippen LogP contribution < -0.4 is 5.32 Å². The summed E-state index contributed by atoms with van der Waals surface area (Å²) in [5, 5.41) is 15.0. The molecular weight excluding hydrogens is 282 g/mol. The third kappa shape index (κ3) is 4.22. The number of hydrogen-bond donors (Lipinski definition) is 2. The van der Waals surface area contributed by atoms with Crippen LogP contribution in [0.1, 0.15) is 24.8 Å². The molecule has 1 atom stereocenters. The minimum atomic E-state index is -0.703. The molecule has 1 aliphatic heterocycles. The molecule has 0 fully saturated rings. The minimum Gasteiger partial charge on any atom is -0.396 e. The molecule has 1 aromatic rings. The number of halogens is 2. The summed E-state index contributed by atoms with van der Waals surface area (Å²) in [6.45, 7) is 0.402. The van der Waals surface area contributed by atoms with E-state index in [-0.39, 0.29) is 30.9 Å². The molecule has 21 heavy (non-hydrogen) atoms. The van der Waals surface area contributed by atoms with E-state index in [9.17, 15) is 13.6 Å². The highest BCUT2D eigenvalue weighted by molar-refractivity contribution is 6.01. The third-order valence-electron chi connectivity index (χ3n) is 3.05. The van der Waals surface area contributed by atoms with E-state index < -0.39 is 17.7 Å². The summed E-state index contributed by atoms with van der Waals surface area (Å²) >= 11 is 0. The fourth-order valence-corrected chi connectivity index (χ4v) is 2.01. The Morgan fingerprint density at radius 3 is 3.00 bits per heavy atom. The van der Waals surface area contributed by atoms with Crippen molar-refractivity contribution in [1.82, 2.24) is 5.32 Å². The monoisotopic (exact) mass is 298 g/mol. The Bertz CT molecular complexity index is 549. The normalized spacial score (nSPS) is 17.3. The number of amides is 1. The van der Waals surface area contributed by atoms with E-state index in [1.165, 1.54) is 6.07 Å². The first-order valence-corrected chi connectivity index (χ1v) is 6.66. The molecule has 1 amide bonds. The smallest absolute Gasteiger partial charge is 0.223 e. The van der Waals surface area contributed by atoms with E-state index in [2.05, 4.69) is 10.5 Å². The number of aliphatic hydroxyl groups excluding tert-OH is 1. The summed E-state index contributed by atoms with van der Waals surface area (Å²) in [5.74, 6) is -1.58. The van der Waals surface area contributed by atoms with Gasteiger partial charge in [-0.3, -0.25) is 4.79 Å². The predicted molar refractivity (Wildman–Crippen MR) is 71.7 cm³/mol. The van der Waals surface area contributed by atoms with E-state index >= 15 is 0 Å². The van der Waals surface area contributed by atoms with E-state index in [1.807, 2.05) is 0 Å². The molecule has 7 heteroatoms. The second kappa shape index (κ2) is 7.12. The van der Waals surface area contributed by atoms with Gasteiger partial charge in [0.15, 0.2) is 0 Å². The summed E-state index contributed by atoms with van der Waals surface area (Å²) in [4.78, 5) is 16.7. The molecule has 0 saturated carbocycles. The van der Waals surface area contributed by atoms with Gasteiger partial charge in [0.2, 0.25) is 5.91 Å². The molecule has 0 aromatic heterocycles. The molecular formula is C14H16F2N2O3. The van der Waals surface area contributed by atoms with Gasteiger partial charge in [-0.15, -0.1) is 0 Å². The predicted octanol–water partition coefficient (Wildman–Crippen LogP) is 1.35. The Labute approximate surface area is 120 Å². The van der Waals surface area contributed by atoms with Crippen LogP contribution in [0.25, 0.3) is 0 Å². The van der Waals surface area contributed by atoms with Gasteiger partial charge in [-0.25, -0.2) is 8.78 Å². The molecule has 0 spiro atoms. The average Bonchev–Trinajstić information content (AvgIpc) is 2.87. The number of carbonyl (C=O) groups is 1. The molecule has 0 aliphatic carbocycles. The van der Waals surface area contributed by atoms with Crippen LogP contribution in [0.2, 0.25) is 0 Å². The van der Waals surface area contributed by atoms with E-state index in [0.717, 1.165) is 12.1 Å². The number of rotatable bonds is 6. The quantitative estimate of drug-likeness (QED) is 0.779. The first kappa shape index (κ1) is 15.4. The van der Waals surface area contributed by atoms with Crippen LogP contribution in [0.5, 0.6) is 0 Å². The lowest BCUT2D eigenvalue weighted by atomic mass is 10.0. The van der Waals surface area contributed by atoms with Gasteiger partial charge >= 0.3 is 0 Å². The highest BCUT2D eigenvalue weighted by Gasteiger charge is 2.26. The minimum absolute atomic E-state index is 0.0112. The van der Waals surface area contributed by atoms with Gasteiger partial charge in [0.1, 0.15) is 17.7 Å².